The fourth-order valence-corrected chi connectivity index (χ4v) is 4.79. The van der Waals surface area contributed by atoms with Crippen LogP contribution in [0.1, 0.15) is 65.6 Å². The van der Waals surface area contributed by atoms with Gasteiger partial charge in [-0.2, -0.15) is 0 Å². The monoisotopic (exact) mass is 763 g/mol. The number of aromatic nitrogens is 4. The van der Waals surface area contributed by atoms with Crippen LogP contribution in [-0.4, -0.2) is 116 Å². The van der Waals surface area contributed by atoms with Gasteiger partial charge in [-0.1, -0.05) is 13.8 Å². The molecular formula is C38H49N7O10. The summed E-state index contributed by atoms with van der Waals surface area (Å²) >= 11 is 0. The van der Waals surface area contributed by atoms with E-state index >= 15 is 0 Å². The largest absolute Gasteiger partial charge is 0.421 e. The van der Waals surface area contributed by atoms with Crippen molar-refractivity contribution in [3.8, 4) is 22.9 Å². The van der Waals surface area contributed by atoms with Gasteiger partial charge in [0.1, 0.15) is 5.78 Å². The van der Waals surface area contributed by atoms with Crippen LogP contribution < -0.4 is 16.0 Å². The average molecular weight is 764 g/mol. The van der Waals surface area contributed by atoms with Gasteiger partial charge in [0, 0.05) is 61.2 Å². The Morgan fingerprint density at radius 1 is 0.618 bits per heavy atom. The van der Waals surface area contributed by atoms with Gasteiger partial charge in [-0.15, -0.1) is 20.4 Å². The van der Waals surface area contributed by atoms with Crippen LogP contribution in [0.2, 0.25) is 0 Å². The lowest BCUT2D eigenvalue weighted by Crippen LogP contribution is -2.45. The number of hydrogen-bond acceptors (Lipinski definition) is 14. The second-order valence-corrected chi connectivity index (χ2v) is 12.7. The molecule has 296 valence electrons. The maximum absolute atomic E-state index is 13.3. The van der Waals surface area contributed by atoms with Crippen molar-refractivity contribution in [2.45, 2.75) is 40.0 Å². The number of hydrogen-bond donors (Lipinski definition) is 3. The highest BCUT2D eigenvalue weighted by Gasteiger charge is 2.22. The molecule has 55 heavy (non-hydrogen) atoms. The number of nitrogens with zero attached hydrogens (tertiary/aromatic N) is 4. The maximum Gasteiger partial charge on any atom is 0.251 e. The molecule has 0 bridgehead atoms. The molecule has 0 aliphatic heterocycles. The summed E-state index contributed by atoms with van der Waals surface area (Å²) in [6, 6.07) is 13.3. The molecule has 0 aliphatic rings. The maximum atomic E-state index is 13.3. The second-order valence-electron chi connectivity index (χ2n) is 12.7. The van der Waals surface area contributed by atoms with Crippen LogP contribution in [-0.2, 0) is 28.5 Å². The molecule has 17 heteroatoms. The zero-order valence-corrected chi connectivity index (χ0v) is 31.6. The van der Waals surface area contributed by atoms with Gasteiger partial charge in [-0.05, 0) is 55.5 Å². The first kappa shape index (κ1) is 42.4. The summed E-state index contributed by atoms with van der Waals surface area (Å²) in [4.78, 5) is 50.3. The lowest BCUT2D eigenvalue weighted by molar-refractivity contribution is -0.125. The minimum Gasteiger partial charge on any atom is -0.421 e. The average Bonchev–Trinajstić information content (AvgIpc) is 3.86. The molecule has 0 spiro atoms. The van der Waals surface area contributed by atoms with Crippen molar-refractivity contribution in [3.05, 3.63) is 71.4 Å². The molecule has 4 aromatic rings. The minimum atomic E-state index is -0.802. The zero-order chi connectivity index (χ0) is 39.4. The third-order valence-corrected chi connectivity index (χ3v) is 7.90. The summed E-state index contributed by atoms with van der Waals surface area (Å²) in [5.74, 6) is -0.178. The van der Waals surface area contributed by atoms with Gasteiger partial charge in [0.15, 0.2) is 0 Å². The van der Waals surface area contributed by atoms with Gasteiger partial charge in [0.25, 0.3) is 11.8 Å². The normalized spacial score (nSPS) is 11.7. The summed E-state index contributed by atoms with van der Waals surface area (Å²) in [5.41, 5.74) is 2.05. The first-order valence-corrected chi connectivity index (χ1v) is 18.1. The van der Waals surface area contributed by atoms with Crippen molar-refractivity contribution in [2.24, 2.45) is 5.92 Å². The van der Waals surface area contributed by atoms with Crippen LogP contribution in [0.4, 0.5) is 0 Å². The van der Waals surface area contributed by atoms with E-state index in [1.54, 1.807) is 55.5 Å². The Kier molecular flexibility index (Phi) is 17.5. The van der Waals surface area contributed by atoms with E-state index in [0.717, 1.165) is 0 Å². The third kappa shape index (κ3) is 14.8. The zero-order valence-electron chi connectivity index (χ0n) is 31.6. The highest BCUT2D eigenvalue weighted by Crippen LogP contribution is 2.22. The number of carbonyl (C=O) groups excluding carboxylic acids is 4. The Balaban J connectivity index is 1.22. The van der Waals surface area contributed by atoms with Gasteiger partial charge in [0.05, 0.1) is 58.8 Å². The van der Waals surface area contributed by atoms with E-state index in [1.807, 2.05) is 13.8 Å². The Morgan fingerprint density at radius 2 is 1.09 bits per heavy atom. The number of ketones is 1. The lowest BCUT2D eigenvalue weighted by Gasteiger charge is -2.18. The number of nitrogens with one attached hydrogen (secondary N) is 3. The van der Waals surface area contributed by atoms with Gasteiger partial charge < -0.3 is 43.7 Å². The molecule has 17 nitrogen and oxygen atoms in total. The lowest BCUT2D eigenvalue weighted by atomic mass is 10.1. The van der Waals surface area contributed by atoms with E-state index in [2.05, 4.69) is 36.3 Å². The molecule has 2 heterocycles. The third-order valence-electron chi connectivity index (χ3n) is 7.90. The second kappa shape index (κ2) is 22.8. The Bertz CT molecular complexity index is 1790. The van der Waals surface area contributed by atoms with Gasteiger partial charge >= 0.3 is 0 Å². The van der Waals surface area contributed by atoms with Crippen molar-refractivity contribution in [2.75, 3.05) is 72.5 Å². The van der Waals surface area contributed by atoms with Crippen molar-refractivity contribution in [1.29, 1.82) is 0 Å². The highest BCUT2D eigenvalue weighted by atomic mass is 16.6. The smallest absolute Gasteiger partial charge is 0.251 e. The molecule has 1 atom stereocenters. The molecule has 0 saturated heterocycles. The van der Waals surface area contributed by atoms with Crippen molar-refractivity contribution in [3.63, 3.8) is 0 Å². The topological polar surface area (TPSA) is 219 Å². The van der Waals surface area contributed by atoms with Gasteiger partial charge in [-0.3, -0.25) is 19.2 Å². The summed E-state index contributed by atoms with van der Waals surface area (Å²) in [6.07, 6.45) is 0.394. The highest BCUT2D eigenvalue weighted by molar-refractivity contribution is 5.96. The molecule has 0 aliphatic carbocycles. The van der Waals surface area contributed by atoms with Crippen LogP contribution >= 0.6 is 0 Å². The predicted molar refractivity (Wildman–Crippen MR) is 198 cm³/mol. The molecular weight excluding hydrogens is 714 g/mol. The molecule has 3 amide bonds. The van der Waals surface area contributed by atoms with Crippen LogP contribution in [0.3, 0.4) is 0 Å². The number of aryl methyl sites for hydroxylation is 1. The van der Waals surface area contributed by atoms with E-state index in [0.29, 0.717) is 98.5 Å². The standard InChI is InChI=1S/C38H49N7O10/c1-25(2)36-43-45-38(55-36)31-11-7-29(8-12-31)34(48)41-24-32(23-40-33(47)28-5-9-30(10-6-28)37-44-42-27(4)54-37)35(49)39-14-16-51-18-20-53-22-21-52-19-17-50-15-13-26(3)46/h5-12,25,32H,13-24H2,1-4H3,(H,39,49)(H,40,47)(H,41,48). The van der Waals surface area contributed by atoms with Crippen LogP contribution in [0, 0.1) is 12.8 Å². The Labute approximate surface area is 319 Å². The summed E-state index contributed by atoms with van der Waals surface area (Å²) in [6.45, 7) is 10.1. The van der Waals surface area contributed by atoms with Gasteiger partial charge in [0.2, 0.25) is 29.5 Å². The van der Waals surface area contributed by atoms with E-state index in [9.17, 15) is 19.2 Å². The first-order valence-electron chi connectivity index (χ1n) is 18.1. The quantitative estimate of drug-likeness (QED) is 0.0827. The fourth-order valence-electron chi connectivity index (χ4n) is 4.79. The van der Waals surface area contributed by atoms with Crippen molar-refractivity contribution in [1.82, 2.24) is 36.3 Å². The molecule has 1 unspecified atom stereocenters. The molecule has 4 rings (SSSR count). The number of benzene rings is 2. The number of amides is 3. The number of rotatable bonds is 25. The van der Waals surface area contributed by atoms with Crippen molar-refractivity contribution < 1.29 is 47.0 Å². The molecule has 3 N–H and O–H groups in total. The van der Waals surface area contributed by atoms with Crippen LogP contribution in [0.25, 0.3) is 22.9 Å². The van der Waals surface area contributed by atoms with Crippen LogP contribution in [0.15, 0.2) is 57.4 Å². The van der Waals surface area contributed by atoms with Gasteiger partial charge in [-0.25, -0.2) is 0 Å². The molecule has 0 fully saturated rings. The molecule has 0 radical (unpaired) electrons. The Hall–Kier alpha value is -5.36. The van der Waals surface area contributed by atoms with Crippen molar-refractivity contribution >= 4 is 23.5 Å². The summed E-state index contributed by atoms with van der Waals surface area (Å²) < 4.78 is 32.9. The number of ether oxygens (including phenoxy) is 4. The summed E-state index contributed by atoms with van der Waals surface area (Å²) in [7, 11) is 0. The number of Topliss-reactive ketones (excluding diaryl/α,β-unsaturated/α-hetero) is 1. The fraction of sp³-hybridized carbons (Fsp3) is 0.474. The molecule has 2 aromatic carbocycles. The first-order chi connectivity index (χ1) is 26.6. The van der Waals surface area contributed by atoms with E-state index in [4.69, 9.17) is 27.8 Å². The van der Waals surface area contributed by atoms with E-state index in [1.165, 1.54) is 6.92 Å². The SMILES string of the molecule is CC(=O)CCOCCOCCOCCOCCNC(=O)C(CNC(=O)c1ccc(-c2nnc(C)o2)cc1)CNC(=O)c1ccc(-c2nnc(C(C)C)o2)cc1. The Morgan fingerprint density at radius 3 is 1.55 bits per heavy atom. The van der Waals surface area contributed by atoms with E-state index in [-0.39, 0.29) is 43.8 Å². The minimum absolute atomic E-state index is 0.0505. The number of carbonyl (C=O) groups is 4. The molecule has 2 aromatic heterocycles. The van der Waals surface area contributed by atoms with E-state index < -0.39 is 17.7 Å². The molecule has 0 saturated carbocycles. The van der Waals surface area contributed by atoms with Crippen LogP contribution in [0.5, 0.6) is 0 Å². The summed E-state index contributed by atoms with van der Waals surface area (Å²) in [5, 5.41) is 24.3. The predicted octanol–water partition coefficient (Wildman–Crippen LogP) is 3.16.